The third-order valence-corrected chi connectivity index (χ3v) is 4.41. The lowest BCUT2D eigenvalue weighted by atomic mass is 10.00. The number of amides is 3. The molecule has 174 valence electrons. The van der Waals surface area contributed by atoms with Crippen molar-refractivity contribution < 1.29 is 28.7 Å². The summed E-state index contributed by atoms with van der Waals surface area (Å²) in [4.78, 5) is 51.6. The molecule has 0 saturated carbocycles. The molecule has 0 unspecified atom stereocenters. The number of ether oxygens (including phenoxy) is 1. The summed E-state index contributed by atoms with van der Waals surface area (Å²) in [6.07, 6.45) is 0.269. The Kier molecular flexibility index (Phi) is 11.4. The van der Waals surface area contributed by atoms with Crippen molar-refractivity contribution in [2.24, 2.45) is 11.8 Å². The average Bonchev–Trinajstić information content (AvgIpc) is 2.74. The SMILES string of the molecule is CC(C)C[C@H](NC(=O)OCc1ccccc1)C(=O)N[C@@H](C(=O)NCC(=O)C=[N+]=[N-])C(C)C. The molecule has 0 fully saturated rings. The predicted octanol–water partition coefficient (Wildman–Crippen LogP) is 1.45. The fourth-order valence-electron chi connectivity index (χ4n) is 2.79. The van der Waals surface area contributed by atoms with Crippen LogP contribution in [0.1, 0.15) is 39.7 Å². The predicted molar refractivity (Wildman–Crippen MR) is 117 cm³/mol. The second kappa shape index (κ2) is 13.7. The molecule has 1 rings (SSSR count). The highest BCUT2D eigenvalue weighted by Crippen LogP contribution is 2.09. The highest BCUT2D eigenvalue weighted by molar-refractivity contribution is 6.26. The molecule has 2 atom stereocenters. The second-order valence-electron chi connectivity index (χ2n) is 8.05. The first kappa shape index (κ1) is 26.5. The van der Waals surface area contributed by atoms with E-state index in [2.05, 4.69) is 20.7 Å². The van der Waals surface area contributed by atoms with Crippen LogP contribution in [0.3, 0.4) is 0 Å². The van der Waals surface area contributed by atoms with E-state index in [1.807, 2.05) is 44.2 Å². The molecule has 0 aliphatic heterocycles. The van der Waals surface area contributed by atoms with Gasteiger partial charge in [-0.05, 0) is 23.8 Å². The van der Waals surface area contributed by atoms with E-state index in [9.17, 15) is 19.2 Å². The topological polar surface area (TPSA) is 150 Å². The van der Waals surface area contributed by atoms with Crippen molar-refractivity contribution in [3.8, 4) is 0 Å². The Morgan fingerprint density at radius 1 is 1.03 bits per heavy atom. The largest absolute Gasteiger partial charge is 0.445 e. The van der Waals surface area contributed by atoms with Crippen molar-refractivity contribution in [2.45, 2.75) is 52.8 Å². The van der Waals surface area contributed by atoms with E-state index in [0.29, 0.717) is 12.6 Å². The molecule has 32 heavy (non-hydrogen) atoms. The fraction of sp³-hybridized carbons (Fsp3) is 0.500. The van der Waals surface area contributed by atoms with Gasteiger partial charge in [-0.25, -0.2) is 4.79 Å². The van der Waals surface area contributed by atoms with Crippen molar-refractivity contribution in [3.05, 3.63) is 41.4 Å². The minimum absolute atomic E-state index is 0.0604. The van der Waals surface area contributed by atoms with Crippen molar-refractivity contribution in [1.82, 2.24) is 16.0 Å². The third-order valence-electron chi connectivity index (χ3n) is 4.41. The van der Waals surface area contributed by atoms with Gasteiger partial charge in [0.05, 0.1) is 6.54 Å². The number of rotatable bonds is 12. The fourth-order valence-corrected chi connectivity index (χ4v) is 2.79. The Balaban J connectivity index is 2.75. The second-order valence-corrected chi connectivity index (χ2v) is 8.05. The number of nitrogens with one attached hydrogen (secondary N) is 3. The average molecular weight is 446 g/mol. The van der Waals surface area contributed by atoms with Crippen LogP contribution in [0, 0.1) is 11.8 Å². The van der Waals surface area contributed by atoms with Gasteiger partial charge in [0.2, 0.25) is 11.8 Å². The summed E-state index contributed by atoms with van der Waals surface area (Å²) in [5, 5.41) is 7.60. The molecular weight excluding hydrogens is 414 g/mol. The highest BCUT2D eigenvalue weighted by atomic mass is 16.5. The zero-order valence-electron chi connectivity index (χ0n) is 18.8. The number of carbonyl (C=O) groups excluding carboxylic acids is 4. The third kappa shape index (κ3) is 9.99. The molecular formula is C22H31N5O5. The van der Waals surface area contributed by atoms with Gasteiger partial charge in [-0.2, -0.15) is 4.79 Å². The first-order valence-electron chi connectivity index (χ1n) is 10.4. The van der Waals surface area contributed by atoms with E-state index in [1.165, 1.54) is 0 Å². The monoisotopic (exact) mass is 445 g/mol. The van der Waals surface area contributed by atoms with Gasteiger partial charge in [-0.15, -0.1) is 0 Å². The van der Waals surface area contributed by atoms with Crippen LogP contribution in [0.2, 0.25) is 0 Å². The highest BCUT2D eigenvalue weighted by Gasteiger charge is 2.29. The van der Waals surface area contributed by atoms with Crippen molar-refractivity contribution in [2.75, 3.05) is 6.54 Å². The molecule has 0 bridgehead atoms. The first-order valence-corrected chi connectivity index (χ1v) is 10.4. The molecule has 3 amide bonds. The van der Waals surface area contributed by atoms with Gasteiger partial charge in [0.1, 0.15) is 18.7 Å². The van der Waals surface area contributed by atoms with Gasteiger partial charge in [0.15, 0.2) is 0 Å². The lowest BCUT2D eigenvalue weighted by Gasteiger charge is -2.25. The van der Waals surface area contributed by atoms with Gasteiger partial charge in [0, 0.05) is 0 Å². The number of Topliss-reactive ketones (excluding diaryl/α,β-unsaturated/α-hetero) is 1. The summed E-state index contributed by atoms with van der Waals surface area (Å²) < 4.78 is 5.20. The number of alkyl carbamates (subject to hydrolysis) is 1. The van der Waals surface area contributed by atoms with Crippen molar-refractivity contribution in [3.63, 3.8) is 0 Å². The molecule has 10 heteroatoms. The molecule has 3 N–H and O–H groups in total. The minimum atomic E-state index is -0.932. The van der Waals surface area contributed by atoms with E-state index in [1.54, 1.807) is 13.8 Å². The quantitative estimate of drug-likeness (QED) is 0.253. The summed E-state index contributed by atoms with van der Waals surface area (Å²) in [5.74, 6) is -1.90. The van der Waals surface area contributed by atoms with Crippen LogP contribution in [0.25, 0.3) is 5.53 Å². The van der Waals surface area contributed by atoms with Crippen LogP contribution in [0.15, 0.2) is 30.3 Å². The van der Waals surface area contributed by atoms with E-state index < -0.39 is 35.8 Å². The Labute approximate surface area is 187 Å². The molecule has 0 spiro atoms. The van der Waals surface area contributed by atoms with E-state index in [0.717, 1.165) is 5.56 Å². The van der Waals surface area contributed by atoms with Crippen LogP contribution in [-0.2, 0) is 25.7 Å². The van der Waals surface area contributed by atoms with Crippen LogP contribution in [-0.4, -0.2) is 53.3 Å². The summed E-state index contributed by atoms with van der Waals surface area (Å²) in [6, 6.07) is 7.29. The van der Waals surface area contributed by atoms with Crippen LogP contribution >= 0.6 is 0 Å². The molecule has 0 heterocycles. The van der Waals surface area contributed by atoms with Gasteiger partial charge in [-0.3, -0.25) is 14.4 Å². The maximum Gasteiger partial charge on any atom is 0.408 e. The molecule has 0 saturated heterocycles. The van der Waals surface area contributed by atoms with E-state index >= 15 is 0 Å². The van der Waals surface area contributed by atoms with Crippen molar-refractivity contribution >= 4 is 29.9 Å². The Morgan fingerprint density at radius 2 is 1.69 bits per heavy atom. The summed E-state index contributed by atoms with van der Waals surface area (Å²) in [5.41, 5.74) is 9.17. The maximum absolute atomic E-state index is 12.9. The molecule has 10 nitrogen and oxygen atoms in total. The number of carbonyl (C=O) groups is 4. The lowest BCUT2D eigenvalue weighted by molar-refractivity contribution is -0.131. The zero-order valence-corrected chi connectivity index (χ0v) is 18.8. The molecule has 0 aliphatic carbocycles. The smallest absolute Gasteiger partial charge is 0.408 e. The van der Waals surface area contributed by atoms with Gasteiger partial charge >= 0.3 is 12.3 Å². The minimum Gasteiger partial charge on any atom is -0.445 e. The Hall–Kier alpha value is -3.52. The summed E-state index contributed by atoms with van der Waals surface area (Å²) in [7, 11) is 0. The molecule has 1 aromatic rings. The lowest BCUT2D eigenvalue weighted by Crippen LogP contribution is -2.56. The van der Waals surface area contributed by atoms with Crippen LogP contribution < -0.4 is 16.0 Å². The van der Waals surface area contributed by atoms with Gasteiger partial charge in [-0.1, -0.05) is 58.0 Å². The number of benzene rings is 1. The number of hydrogen-bond donors (Lipinski definition) is 3. The molecule has 0 radical (unpaired) electrons. The Morgan fingerprint density at radius 3 is 2.25 bits per heavy atom. The summed E-state index contributed by atoms with van der Waals surface area (Å²) in [6.45, 7) is 6.96. The van der Waals surface area contributed by atoms with E-state index in [4.69, 9.17) is 10.3 Å². The number of nitrogens with zero attached hydrogens (tertiary/aromatic N) is 2. The standard InChI is InChI=1S/C22H31N5O5/c1-14(2)10-18(26-22(31)32-13-16-8-6-5-7-9-16)20(29)27-19(15(3)4)21(30)24-11-17(28)12-25-23/h5-9,12,14-15,18-19H,10-11,13H2,1-4H3,(H,24,30)(H,26,31)(H,27,29)/t18-,19+/m0/s1. The first-order chi connectivity index (χ1) is 15.1. The van der Waals surface area contributed by atoms with Gasteiger partial charge in [0.25, 0.3) is 5.78 Å². The number of ketones is 1. The number of hydrogen-bond acceptors (Lipinski definition) is 5. The van der Waals surface area contributed by atoms with Crippen molar-refractivity contribution in [1.29, 1.82) is 0 Å². The Bertz CT molecular complexity index is 834. The summed E-state index contributed by atoms with van der Waals surface area (Å²) >= 11 is 0. The molecule has 1 aromatic carbocycles. The molecule has 0 aliphatic rings. The normalized spacial score (nSPS) is 12.3. The van der Waals surface area contributed by atoms with Crippen LogP contribution in [0.4, 0.5) is 4.79 Å². The zero-order chi connectivity index (χ0) is 24.1. The molecule has 0 aromatic heterocycles. The van der Waals surface area contributed by atoms with E-state index in [-0.39, 0.29) is 25.0 Å². The van der Waals surface area contributed by atoms with Crippen LogP contribution in [0.5, 0.6) is 0 Å². The maximum atomic E-state index is 12.9. The van der Waals surface area contributed by atoms with Gasteiger partial charge < -0.3 is 26.2 Å².